The zero-order chi connectivity index (χ0) is 11.7. The molecule has 3 N–H and O–H groups in total. The first-order chi connectivity index (χ1) is 8.33. The summed E-state index contributed by atoms with van der Waals surface area (Å²) in [7, 11) is 0. The maximum absolute atomic E-state index is 5.89. The van der Waals surface area contributed by atoms with Crippen LogP contribution in [0.15, 0.2) is 22.9 Å². The Hall–Kier alpha value is -1.62. The lowest BCUT2D eigenvalue weighted by Crippen LogP contribution is -2.25. The molecule has 1 fully saturated rings. The van der Waals surface area contributed by atoms with E-state index in [0.29, 0.717) is 17.8 Å². The van der Waals surface area contributed by atoms with Crippen molar-refractivity contribution < 1.29 is 4.52 Å². The number of rotatable bonds is 2. The van der Waals surface area contributed by atoms with Gasteiger partial charge in [0.15, 0.2) is 0 Å². The molecule has 2 aromatic rings. The standard InChI is InChI=1S/C12H16N4O/c13-9-5-3-8(4-6-9)12-15-11(16-17-12)10-2-1-7-14-10/h1-2,7-9,14H,3-6,13H2. The van der Waals surface area contributed by atoms with Crippen molar-refractivity contribution in [1.29, 1.82) is 0 Å². The first-order valence-corrected chi connectivity index (χ1v) is 6.06. The van der Waals surface area contributed by atoms with Crippen LogP contribution in [0.4, 0.5) is 0 Å². The molecule has 0 radical (unpaired) electrons. The van der Waals surface area contributed by atoms with Crippen molar-refractivity contribution in [2.75, 3.05) is 0 Å². The van der Waals surface area contributed by atoms with Crippen molar-refractivity contribution in [3.63, 3.8) is 0 Å². The second kappa shape index (κ2) is 4.33. The van der Waals surface area contributed by atoms with E-state index in [-0.39, 0.29) is 0 Å². The van der Waals surface area contributed by atoms with Crippen molar-refractivity contribution >= 4 is 0 Å². The molecule has 1 saturated carbocycles. The number of hydrogen-bond donors (Lipinski definition) is 2. The van der Waals surface area contributed by atoms with Crippen LogP contribution in [0.3, 0.4) is 0 Å². The third-order valence-electron chi connectivity index (χ3n) is 3.40. The van der Waals surface area contributed by atoms with Gasteiger partial charge in [-0.25, -0.2) is 0 Å². The van der Waals surface area contributed by atoms with E-state index in [4.69, 9.17) is 10.3 Å². The van der Waals surface area contributed by atoms with Crippen molar-refractivity contribution in [3.05, 3.63) is 24.2 Å². The molecule has 0 atom stereocenters. The van der Waals surface area contributed by atoms with Crippen molar-refractivity contribution in [2.24, 2.45) is 5.73 Å². The second-order valence-electron chi connectivity index (χ2n) is 4.65. The monoisotopic (exact) mass is 232 g/mol. The number of H-pyrrole nitrogens is 1. The average Bonchev–Trinajstić information content (AvgIpc) is 3.00. The number of hydrogen-bond acceptors (Lipinski definition) is 4. The normalized spacial score (nSPS) is 25.0. The summed E-state index contributed by atoms with van der Waals surface area (Å²) in [6.45, 7) is 0. The zero-order valence-electron chi connectivity index (χ0n) is 9.60. The van der Waals surface area contributed by atoms with Crippen LogP contribution in [0.25, 0.3) is 11.5 Å². The van der Waals surface area contributed by atoms with Crippen LogP contribution in [0, 0.1) is 0 Å². The summed E-state index contributed by atoms with van der Waals surface area (Å²) in [6.07, 6.45) is 6.04. The quantitative estimate of drug-likeness (QED) is 0.830. The molecule has 2 heterocycles. The van der Waals surface area contributed by atoms with Crippen LogP contribution in [0.2, 0.25) is 0 Å². The summed E-state index contributed by atoms with van der Waals surface area (Å²) in [5.41, 5.74) is 6.78. The van der Waals surface area contributed by atoms with Gasteiger partial charge < -0.3 is 15.2 Å². The van der Waals surface area contributed by atoms with Gasteiger partial charge >= 0.3 is 0 Å². The fourth-order valence-electron chi connectivity index (χ4n) is 2.35. The topological polar surface area (TPSA) is 80.7 Å². The minimum absolute atomic E-state index is 0.344. The van der Waals surface area contributed by atoms with Gasteiger partial charge in [0, 0.05) is 18.2 Å². The Balaban J connectivity index is 1.76. The molecule has 90 valence electrons. The molecule has 5 heteroatoms. The fourth-order valence-corrected chi connectivity index (χ4v) is 2.35. The Morgan fingerprint density at radius 1 is 1.29 bits per heavy atom. The molecule has 0 aromatic carbocycles. The summed E-state index contributed by atoms with van der Waals surface area (Å²) in [4.78, 5) is 7.52. The van der Waals surface area contributed by atoms with Crippen molar-refractivity contribution in [3.8, 4) is 11.5 Å². The number of nitrogens with zero attached hydrogens (tertiary/aromatic N) is 2. The van der Waals surface area contributed by atoms with E-state index < -0.39 is 0 Å². The molecular formula is C12H16N4O. The molecule has 1 aliphatic rings. The maximum atomic E-state index is 5.89. The van der Waals surface area contributed by atoms with E-state index in [1.54, 1.807) is 0 Å². The van der Waals surface area contributed by atoms with Crippen LogP contribution in [-0.2, 0) is 0 Å². The minimum Gasteiger partial charge on any atom is -0.359 e. The molecular weight excluding hydrogens is 216 g/mol. The summed E-state index contributed by atoms with van der Waals surface area (Å²) in [5.74, 6) is 1.77. The highest BCUT2D eigenvalue weighted by molar-refractivity contribution is 5.47. The Morgan fingerprint density at radius 2 is 2.12 bits per heavy atom. The Kier molecular flexibility index (Phi) is 2.68. The van der Waals surface area contributed by atoms with E-state index in [0.717, 1.165) is 37.3 Å². The molecule has 0 bridgehead atoms. The van der Waals surface area contributed by atoms with Crippen LogP contribution < -0.4 is 5.73 Å². The summed E-state index contributed by atoms with van der Waals surface area (Å²) in [5, 5.41) is 4.00. The molecule has 0 saturated heterocycles. The number of nitrogens with one attached hydrogen (secondary N) is 1. The smallest absolute Gasteiger partial charge is 0.230 e. The zero-order valence-corrected chi connectivity index (χ0v) is 9.60. The summed E-state index contributed by atoms with van der Waals surface area (Å²) < 4.78 is 5.34. The SMILES string of the molecule is NC1CCC(c2nc(-c3ccc[nH]3)no2)CC1. The van der Waals surface area contributed by atoms with Gasteiger partial charge in [-0.3, -0.25) is 0 Å². The highest BCUT2D eigenvalue weighted by Gasteiger charge is 2.25. The van der Waals surface area contributed by atoms with Gasteiger partial charge in [-0.15, -0.1) is 0 Å². The molecule has 3 rings (SSSR count). The second-order valence-corrected chi connectivity index (χ2v) is 4.65. The van der Waals surface area contributed by atoms with E-state index in [1.807, 2.05) is 18.3 Å². The van der Waals surface area contributed by atoms with Gasteiger partial charge in [-0.05, 0) is 37.8 Å². The average molecular weight is 232 g/mol. The van der Waals surface area contributed by atoms with Gasteiger partial charge in [0.2, 0.25) is 11.7 Å². The van der Waals surface area contributed by atoms with Gasteiger partial charge in [0.05, 0.1) is 5.69 Å². The van der Waals surface area contributed by atoms with Crippen molar-refractivity contribution in [1.82, 2.24) is 15.1 Å². The minimum atomic E-state index is 0.344. The van der Waals surface area contributed by atoms with Gasteiger partial charge in [0.25, 0.3) is 0 Å². The molecule has 0 aliphatic heterocycles. The van der Waals surface area contributed by atoms with Gasteiger partial charge in [0.1, 0.15) is 0 Å². The lowest BCUT2D eigenvalue weighted by atomic mass is 9.86. The number of aromatic nitrogens is 3. The highest BCUT2D eigenvalue weighted by Crippen LogP contribution is 2.31. The summed E-state index contributed by atoms with van der Waals surface area (Å²) in [6, 6.07) is 4.20. The molecule has 17 heavy (non-hydrogen) atoms. The first-order valence-electron chi connectivity index (χ1n) is 6.06. The Labute approximate surface area is 99.4 Å². The lowest BCUT2D eigenvalue weighted by molar-refractivity contribution is 0.301. The van der Waals surface area contributed by atoms with Gasteiger partial charge in [-0.1, -0.05) is 5.16 Å². The van der Waals surface area contributed by atoms with Crippen LogP contribution in [0.5, 0.6) is 0 Å². The summed E-state index contributed by atoms with van der Waals surface area (Å²) >= 11 is 0. The number of nitrogens with two attached hydrogens (primary N) is 1. The fraction of sp³-hybridized carbons (Fsp3) is 0.500. The number of aromatic amines is 1. The van der Waals surface area contributed by atoms with Gasteiger partial charge in [-0.2, -0.15) is 4.98 Å². The van der Waals surface area contributed by atoms with Crippen LogP contribution in [0.1, 0.15) is 37.5 Å². The third-order valence-corrected chi connectivity index (χ3v) is 3.40. The Bertz CT molecular complexity index is 468. The third kappa shape index (κ3) is 2.10. The van der Waals surface area contributed by atoms with Crippen LogP contribution in [-0.4, -0.2) is 21.2 Å². The predicted octanol–water partition coefficient (Wildman–Crippen LogP) is 2.05. The largest absolute Gasteiger partial charge is 0.359 e. The lowest BCUT2D eigenvalue weighted by Gasteiger charge is -2.22. The highest BCUT2D eigenvalue weighted by atomic mass is 16.5. The molecule has 0 spiro atoms. The first kappa shape index (κ1) is 10.5. The van der Waals surface area contributed by atoms with E-state index >= 15 is 0 Å². The van der Waals surface area contributed by atoms with Crippen LogP contribution >= 0.6 is 0 Å². The van der Waals surface area contributed by atoms with E-state index in [9.17, 15) is 0 Å². The molecule has 0 amide bonds. The Morgan fingerprint density at radius 3 is 2.82 bits per heavy atom. The van der Waals surface area contributed by atoms with E-state index in [2.05, 4.69) is 15.1 Å². The molecule has 1 aliphatic carbocycles. The molecule has 0 unspecified atom stereocenters. The molecule has 2 aromatic heterocycles. The van der Waals surface area contributed by atoms with E-state index in [1.165, 1.54) is 0 Å². The predicted molar refractivity (Wildman–Crippen MR) is 63.3 cm³/mol. The maximum Gasteiger partial charge on any atom is 0.230 e. The molecule has 5 nitrogen and oxygen atoms in total. The van der Waals surface area contributed by atoms with Crippen molar-refractivity contribution in [2.45, 2.75) is 37.6 Å².